The summed E-state index contributed by atoms with van der Waals surface area (Å²) in [6, 6.07) is 0. The first-order valence-corrected chi connectivity index (χ1v) is 6.37. The highest BCUT2D eigenvalue weighted by atomic mass is 16.5. The van der Waals surface area contributed by atoms with E-state index in [0.29, 0.717) is 25.3 Å². The van der Waals surface area contributed by atoms with E-state index in [0.717, 1.165) is 18.5 Å². The van der Waals surface area contributed by atoms with E-state index in [1.54, 1.807) is 18.5 Å². The van der Waals surface area contributed by atoms with Gasteiger partial charge < -0.3 is 9.84 Å². The molecule has 6 nitrogen and oxygen atoms in total. The van der Waals surface area contributed by atoms with E-state index in [4.69, 9.17) is 4.74 Å². The van der Waals surface area contributed by atoms with Crippen LogP contribution in [0.25, 0.3) is 0 Å². The molecule has 0 saturated heterocycles. The Morgan fingerprint density at radius 1 is 1.50 bits per heavy atom. The first kappa shape index (κ1) is 14.6. The van der Waals surface area contributed by atoms with Gasteiger partial charge in [-0.1, -0.05) is 18.6 Å². The van der Waals surface area contributed by atoms with Gasteiger partial charge in [-0.25, -0.2) is 9.48 Å². The van der Waals surface area contributed by atoms with Crippen molar-refractivity contribution in [1.82, 2.24) is 15.0 Å². The van der Waals surface area contributed by atoms with Gasteiger partial charge in [-0.15, -0.1) is 5.10 Å². The average Bonchev–Trinajstić information content (AvgIpc) is 2.70. The molecule has 1 unspecified atom stereocenters. The second-order valence-electron chi connectivity index (χ2n) is 4.22. The fraction of sp³-hybridized carbons (Fsp3) is 0.750. The number of nitrogens with zero attached hydrogens (tertiary/aromatic N) is 3. The van der Waals surface area contributed by atoms with Crippen molar-refractivity contribution in [2.24, 2.45) is 0 Å². The zero-order chi connectivity index (χ0) is 13.5. The standard InChI is InChI=1S/C12H21N3O3/c1-4-6-10-11(12(17)18-5-2)13-14-15(10)8-7-9(3)16/h9,16H,4-8H2,1-3H3. The highest BCUT2D eigenvalue weighted by Gasteiger charge is 2.20. The summed E-state index contributed by atoms with van der Waals surface area (Å²) < 4.78 is 6.63. The van der Waals surface area contributed by atoms with Crippen LogP contribution < -0.4 is 0 Å². The van der Waals surface area contributed by atoms with Gasteiger partial charge in [0.1, 0.15) is 0 Å². The number of esters is 1. The molecule has 0 fully saturated rings. The van der Waals surface area contributed by atoms with E-state index in [9.17, 15) is 9.90 Å². The molecular formula is C12H21N3O3. The lowest BCUT2D eigenvalue weighted by Gasteiger charge is -2.08. The van der Waals surface area contributed by atoms with Crippen LogP contribution >= 0.6 is 0 Å². The van der Waals surface area contributed by atoms with Gasteiger partial charge in [0.2, 0.25) is 0 Å². The predicted molar refractivity (Wildman–Crippen MR) is 66.3 cm³/mol. The smallest absolute Gasteiger partial charge is 0.360 e. The van der Waals surface area contributed by atoms with Crippen LogP contribution in [0.1, 0.15) is 49.8 Å². The molecule has 6 heteroatoms. The van der Waals surface area contributed by atoms with Crippen molar-refractivity contribution < 1.29 is 14.6 Å². The summed E-state index contributed by atoms with van der Waals surface area (Å²) >= 11 is 0. The number of hydrogen-bond donors (Lipinski definition) is 1. The zero-order valence-electron chi connectivity index (χ0n) is 11.2. The quantitative estimate of drug-likeness (QED) is 0.740. The molecule has 0 aliphatic carbocycles. The molecule has 0 aromatic carbocycles. The maximum atomic E-state index is 11.7. The normalized spacial score (nSPS) is 12.4. The van der Waals surface area contributed by atoms with E-state index in [1.165, 1.54) is 0 Å². The number of carbonyl (C=O) groups is 1. The predicted octanol–water partition coefficient (Wildman–Crippen LogP) is 1.18. The molecular weight excluding hydrogens is 234 g/mol. The Bertz CT molecular complexity index is 388. The fourth-order valence-electron chi connectivity index (χ4n) is 1.66. The van der Waals surface area contributed by atoms with Crippen LogP contribution in [0.5, 0.6) is 0 Å². The second kappa shape index (κ2) is 7.10. The molecule has 0 bridgehead atoms. The monoisotopic (exact) mass is 255 g/mol. The topological polar surface area (TPSA) is 77.2 Å². The Hall–Kier alpha value is -1.43. The molecule has 1 N–H and O–H groups in total. The first-order valence-electron chi connectivity index (χ1n) is 6.37. The maximum absolute atomic E-state index is 11.7. The largest absolute Gasteiger partial charge is 0.461 e. The van der Waals surface area contributed by atoms with Crippen LogP contribution in [0.2, 0.25) is 0 Å². The number of aryl methyl sites for hydroxylation is 1. The summed E-state index contributed by atoms with van der Waals surface area (Å²) in [6.45, 7) is 6.39. The number of aliphatic hydroxyl groups excluding tert-OH is 1. The van der Waals surface area contributed by atoms with Crippen molar-refractivity contribution in [3.8, 4) is 0 Å². The second-order valence-corrected chi connectivity index (χ2v) is 4.22. The summed E-state index contributed by atoms with van der Waals surface area (Å²) in [5, 5.41) is 17.1. The Morgan fingerprint density at radius 2 is 2.22 bits per heavy atom. The third-order valence-corrected chi connectivity index (χ3v) is 2.55. The van der Waals surface area contributed by atoms with Gasteiger partial charge in [-0.2, -0.15) is 0 Å². The molecule has 18 heavy (non-hydrogen) atoms. The Morgan fingerprint density at radius 3 is 2.78 bits per heavy atom. The minimum atomic E-state index is -0.427. The number of ether oxygens (including phenoxy) is 1. The number of aliphatic hydroxyl groups is 1. The van der Waals surface area contributed by atoms with Crippen LogP contribution in [0.4, 0.5) is 0 Å². The third kappa shape index (κ3) is 3.80. The number of rotatable bonds is 7. The lowest BCUT2D eigenvalue weighted by Crippen LogP contribution is -2.13. The van der Waals surface area contributed by atoms with Gasteiger partial charge in [-0.05, 0) is 26.7 Å². The molecule has 1 atom stereocenters. The SMILES string of the molecule is CCCc1c(C(=O)OCC)nnn1CCC(C)O. The number of aromatic nitrogens is 3. The molecule has 102 valence electrons. The van der Waals surface area contributed by atoms with E-state index in [2.05, 4.69) is 10.3 Å². The third-order valence-electron chi connectivity index (χ3n) is 2.55. The van der Waals surface area contributed by atoms with Gasteiger partial charge in [0.25, 0.3) is 0 Å². The van der Waals surface area contributed by atoms with Crippen molar-refractivity contribution in [2.75, 3.05) is 6.61 Å². The molecule has 0 amide bonds. The van der Waals surface area contributed by atoms with E-state index >= 15 is 0 Å². The fourth-order valence-corrected chi connectivity index (χ4v) is 1.66. The van der Waals surface area contributed by atoms with E-state index in [1.807, 2.05) is 6.92 Å². The maximum Gasteiger partial charge on any atom is 0.360 e. The van der Waals surface area contributed by atoms with Crippen molar-refractivity contribution in [3.05, 3.63) is 11.4 Å². The molecule has 1 rings (SSSR count). The van der Waals surface area contributed by atoms with Gasteiger partial charge in [0.15, 0.2) is 5.69 Å². The van der Waals surface area contributed by atoms with Crippen LogP contribution in [0.15, 0.2) is 0 Å². The summed E-state index contributed by atoms with van der Waals surface area (Å²) in [5.74, 6) is -0.427. The van der Waals surface area contributed by atoms with Crippen molar-refractivity contribution in [1.29, 1.82) is 0 Å². The van der Waals surface area contributed by atoms with Gasteiger partial charge in [-0.3, -0.25) is 0 Å². The van der Waals surface area contributed by atoms with E-state index < -0.39 is 12.1 Å². The lowest BCUT2D eigenvalue weighted by molar-refractivity contribution is 0.0518. The Kier molecular flexibility index (Phi) is 5.77. The molecule has 1 aromatic rings. The number of carbonyl (C=O) groups excluding carboxylic acids is 1. The highest BCUT2D eigenvalue weighted by molar-refractivity contribution is 5.88. The summed E-state index contributed by atoms with van der Waals surface area (Å²) in [5.41, 5.74) is 1.08. The molecule has 0 saturated carbocycles. The van der Waals surface area contributed by atoms with Crippen molar-refractivity contribution >= 4 is 5.97 Å². The van der Waals surface area contributed by atoms with Gasteiger partial charge >= 0.3 is 5.97 Å². The Labute approximate surface area is 107 Å². The first-order chi connectivity index (χ1) is 8.60. The van der Waals surface area contributed by atoms with Crippen LogP contribution in [-0.2, 0) is 17.7 Å². The van der Waals surface area contributed by atoms with Crippen molar-refractivity contribution in [3.63, 3.8) is 0 Å². The summed E-state index contributed by atoms with van der Waals surface area (Å²) in [6.07, 6.45) is 1.81. The molecule has 1 aromatic heterocycles. The zero-order valence-corrected chi connectivity index (χ0v) is 11.2. The highest BCUT2D eigenvalue weighted by Crippen LogP contribution is 2.11. The average molecular weight is 255 g/mol. The summed E-state index contributed by atoms with van der Waals surface area (Å²) in [7, 11) is 0. The van der Waals surface area contributed by atoms with E-state index in [-0.39, 0.29) is 0 Å². The summed E-state index contributed by atoms with van der Waals surface area (Å²) in [4.78, 5) is 11.7. The molecule has 0 aliphatic rings. The van der Waals surface area contributed by atoms with Gasteiger partial charge in [0.05, 0.1) is 18.4 Å². The Balaban J connectivity index is 2.87. The minimum absolute atomic E-state index is 0.296. The lowest BCUT2D eigenvalue weighted by atomic mass is 10.2. The van der Waals surface area contributed by atoms with Crippen LogP contribution in [0.3, 0.4) is 0 Å². The molecule has 1 heterocycles. The van der Waals surface area contributed by atoms with Gasteiger partial charge in [0, 0.05) is 6.54 Å². The van der Waals surface area contributed by atoms with Crippen molar-refractivity contribution in [2.45, 2.75) is 52.7 Å². The number of hydrogen-bond acceptors (Lipinski definition) is 5. The molecule has 0 aliphatic heterocycles. The minimum Gasteiger partial charge on any atom is -0.461 e. The molecule has 0 radical (unpaired) electrons. The van der Waals surface area contributed by atoms with Crippen LogP contribution in [-0.4, -0.2) is 38.8 Å². The van der Waals surface area contributed by atoms with Crippen LogP contribution in [0, 0.1) is 0 Å². The molecule has 0 spiro atoms.